The molecule has 15 heavy (non-hydrogen) atoms. The molecule has 1 rings (SSSR count). The third-order valence-corrected chi connectivity index (χ3v) is 2.79. The van der Waals surface area contributed by atoms with Crippen LogP contribution < -0.4 is 5.32 Å². The first-order chi connectivity index (χ1) is 7.06. The van der Waals surface area contributed by atoms with Crippen molar-refractivity contribution in [1.29, 1.82) is 5.26 Å². The standard InChI is InChI=1S/C10H13N3OS/c1-10(2,7-11)9(14)13-4-3-8-12-5-6-15-8/h5-6H,3-4H2,1-2H3,(H,13,14). The minimum Gasteiger partial charge on any atom is -0.354 e. The van der Waals surface area contributed by atoms with Crippen molar-refractivity contribution in [3.63, 3.8) is 0 Å². The van der Waals surface area contributed by atoms with Crippen molar-refractivity contribution in [2.45, 2.75) is 20.3 Å². The maximum absolute atomic E-state index is 11.5. The molecular formula is C10H13N3OS. The summed E-state index contributed by atoms with van der Waals surface area (Å²) >= 11 is 1.56. The van der Waals surface area contributed by atoms with Crippen LogP contribution in [0.2, 0.25) is 0 Å². The topological polar surface area (TPSA) is 65.8 Å². The Bertz CT molecular complexity index is 365. The van der Waals surface area contributed by atoms with E-state index in [4.69, 9.17) is 5.26 Å². The summed E-state index contributed by atoms with van der Waals surface area (Å²) in [5.41, 5.74) is -0.955. The lowest BCUT2D eigenvalue weighted by molar-refractivity contribution is -0.126. The molecule has 80 valence electrons. The minimum absolute atomic E-state index is 0.235. The van der Waals surface area contributed by atoms with Crippen LogP contribution in [0.25, 0.3) is 0 Å². The van der Waals surface area contributed by atoms with Crippen LogP contribution in [0, 0.1) is 16.7 Å². The third kappa shape index (κ3) is 3.33. The van der Waals surface area contributed by atoms with Gasteiger partial charge in [-0.2, -0.15) is 5.26 Å². The lowest BCUT2D eigenvalue weighted by Gasteiger charge is -2.14. The van der Waals surface area contributed by atoms with Crippen LogP contribution in [0.1, 0.15) is 18.9 Å². The van der Waals surface area contributed by atoms with Gasteiger partial charge in [-0.3, -0.25) is 4.79 Å². The molecular weight excluding hydrogens is 210 g/mol. The van der Waals surface area contributed by atoms with Crippen molar-refractivity contribution in [3.05, 3.63) is 16.6 Å². The number of rotatable bonds is 4. The maximum atomic E-state index is 11.5. The number of nitriles is 1. The Balaban J connectivity index is 2.33. The predicted molar refractivity (Wildman–Crippen MR) is 58.2 cm³/mol. The van der Waals surface area contributed by atoms with E-state index in [0.717, 1.165) is 5.01 Å². The van der Waals surface area contributed by atoms with Crippen LogP contribution in [0.3, 0.4) is 0 Å². The van der Waals surface area contributed by atoms with Crippen LogP contribution in [-0.4, -0.2) is 17.4 Å². The Morgan fingerprint density at radius 3 is 3.00 bits per heavy atom. The molecule has 0 fully saturated rings. The largest absolute Gasteiger partial charge is 0.354 e. The number of nitrogens with zero attached hydrogens (tertiary/aromatic N) is 2. The first-order valence-electron chi connectivity index (χ1n) is 4.64. The summed E-state index contributed by atoms with van der Waals surface area (Å²) in [6.45, 7) is 3.73. The summed E-state index contributed by atoms with van der Waals surface area (Å²) in [6, 6.07) is 1.96. The number of amides is 1. The summed E-state index contributed by atoms with van der Waals surface area (Å²) in [6.07, 6.45) is 2.45. The quantitative estimate of drug-likeness (QED) is 0.838. The molecule has 0 unspecified atom stereocenters. The van der Waals surface area contributed by atoms with Crippen LogP contribution in [0.5, 0.6) is 0 Å². The number of hydrogen-bond donors (Lipinski definition) is 1. The molecule has 1 amide bonds. The highest BCUT2D eigenvalue weighted by atomic mass is 32.1. The highest BCUT2D eigenvalue weighted by Gasteiger charge is 2.26. The molecule has 1 aromatic heterocycles. The molecule has 0 aliphatic rings. The van der Waals surface area contributed by atoms with Crippen LogP contribution >= 0.6 is 11.3 Å². The predicted octanol–water partition coefficient (Wildman–Crippen LogP) is 1.35. The van der Waals surface area contributed by atoms with Crippen molar-refractivity contribution in [2.75, 3.05) is 6.54 Å². The van der Waals surface area contributed by atoms with Crippen LogP contribution in [0.4, 0.5) is 0 Å². The van der Waals surface area contributed by atoms with Gasteiger partial charge in [-0.05, 0) is 13.8 Å². The van der Waals surface area contributed by atoms with Crippen molar-refractivity contribution in [3.8, 4) is 6.07 Å². The van der Waals surface area contributed by atoms with Gasteiger partial charge >= 0.3 is 0 Å². The van der Waals surface area contributed by atoms with E-state index >= 15 is 0 Å². The molecule has 5 heteroatoms. The summed E-state index contributed by atoms with van der Waals surface area (Å²) in [4.78, 5) is 15.6. The molecule has 0 atom stereocenters. The van der Waals surface area contributed by atoms with Crippen LogP contribution in [-0.2, 0) is 11.2 Å². The van der Waals surface area contributed by atoms with Gasteiger partial charge < -0.3 is 5.32 Å². The molecule has 1 N–H and O–H groups in total. The van der Waals surface area contributed by atoms with Gasteiger partial charge in [0.15, 0.2) is 0 Å². The summed E-state index contributed by atoms with van der Waals surface area (Å²) in [5, 5.41) is 14.3. The second-order valence-corrected chi connectivity index (χ2v) is 4.65. The molecule has 0 aromatic carbocycles. The molecule has 4 nitrogen and oxygen atoms in total. The molecule has 0 bridgehead atoms. The van der Waals surface area contributed by atoms with Crippen molar-refractivity contribution < 1.29 is 4.79 Å². The van der Waals surface area contributed by atoms with E-state index in [9.17, 15) is 4.79 Å². The normalized spacial score (nSPS) is 10.7. The number of nitrogens with one attached hydrogen (secondary N) is 1. The number of hydrogen-bond acceptors (Lipinski definition) is 4. The number of carbonyl (C=O) groups is 1. The lowest BCUT2D eigenvalue weighted by Crippen LogP contribution is -2.36. The second kappa shape index (κ2) is 4.89. The van der Waals surface area contributed by atoms with E-state index in [2.05, 4.69) is 10.3 Å². The fourth-order valence-corrected chi connectivity index (χ4v) is 1.55. The van der Waals surface area contributed by atoms with E-state index in [1.54, 1.807) is 31.4 Å². The van der Waals surface area contributed by atoms with Gasteiger partial charge in [0.2, 0.25) is 5.91 Å². The number of thiazole rings is 1. The lowest BCUT2D eigenvalue weighted by atomic mass is 9.95. The monoisotopic (exact) mass is 223 g/mol. The van der Waals surface area contributed by atoms with Gasteiger partial charge in [-0.15, -0.1) is 11.3 Å². The van der Waals surface area contributed by atoms with Gasteiger partial charge in [-0.25, -0.2) is 4.98 Å². The first kappa shape index (κ1) is 11.7. The highest BCUT2D eigenvalue weighted by Crippen LogP contribution is 2.12. The fraction of sp³-hybridized carbons (Fsp3) is 0.500. The van der Waals surface area contributed by atoms with Crippen molar-refractivity contribution in [1.82, 2.24) is 10.3 Å². The zero-order chi connectivity index (χ0) is 11.3. The summed E-state index contributed by atoms with van der Waals surface area (Å²) in [5.74, 6) is -0.235. The molecule has 0 aliphatic heterocycles. The smallest absolute Gasteiger partial charge is 0.239 e. The van der Waals surface area contributed by atoms with E-state index in [1.165, 1.54) is 0 Å². The molecule has 0 saturated heterocycles. The zero-order valence-electron chi connectivity index (χ0n) is 8.78. The SMILES string of the molecule is CC(C)(C#N)C(=O)NCCc1nccs1. The minimum atomic E-state index is -0.955. The summed E-state index contributed by atoms with van der Waals surface area (Å²) < 4.78 is 0. The highest BCUT2D eigenvalue weighted by molar-refractivity contribution is 7.09. The number of aromatic nitrogens is 1. The van der Waals surface area contributed by atoms with E-state index < -0.39 is 5.41 Å². The Kier molecular flexibility index (Phi) is 3.81. The molecule has 0 spiro atoms. The molecule has 0 radical (unpaired) electrons. The zero-order valence-corrected chi connectivity index (χ0v) is 9.60. The Labute approximate surface area is 92.9 Å². The van der Waals surface area contributed by atoms with Gasteiger partial charge in [0.1, 0.15) is 5.41 Å². The van der Waals surface area contributed by atoms with Gasteiger partial charge in [0.25, 0.3) is 0 Å². The van der Waals surface area contributed by atoms with Crippen molar-refractivity contribution >= 4 is 17.2 Å². The van der Waals surface area contributed by atoms with Crippen molar-refractivity contribution in [2.24, 2.45) is 5.41 Å². The second-order valence-electron chi connectivity index (χ2n) is 3.67. The Hall–Kier alpha value is -1.41. The first-order valence-corrected chi connectivity index (χ1v) is 5.52. The van der Waals surface area contributed by atoms with Gasteiger partial charge in [-0.1, -0.05) is 0 Å². The van der Waals surface area contributed by atoms with E-state index in [1.807, 2.05) is 11.4 Å². The molecule has 0 aliphatic carbocycles. The molecule has 1 aromatic rings. The van der Waals surface area contributed by atoms with E-state index in [0.29, 0.717) is 13.0 Å². The molecule has 1 heterocycles. The number of carbonyl (C=O) groups excluding carboxylic acids is 1. The average molecular weight is 223 g/mol. The Morgan fingerprint density at radius 1 is 1.73 bits per heavy atom. The third-order valence-electron chi connectivity index (χ3n) is 1.96. The van der Waals surface area contributed by atoms with Crippen LogP contribution in [0.15, 0.2) is 11.6 Å². The average Bonchev–Trinajstić information content (AvgIpc) is 2.70. The van der Waals surface area contributed by atoms with Gasteiger partial charge in [0, 0.05) is 24.5 Å². The summed E-state index contributed by atoms with van der Waals surface area (Å²) in [7, 11) is 0. The molecule has 0 saturated carbocycles. The Morgan fingerprint density at radius 2 is 2.47 bits per heavy atom. The van der Waals surface area contributed by atoms with Gasteiger partial charge in [0.05, 0.1) is 11.1 Å². The fourth-order valence-electron chi connectivity index (χ4n) is 0.931. The van der Waals surface area contributed by atoms with E-state index in [-0.39, 0.29) is 5.91 Å². The maximum Gasteiger partial charge on any atom is 0.239 e.